The zero-order valence-electron chi connectivity index (χ0n) is 9.21. The first-order valence-corrected chi connectivity index (χ1v) is 4.93. The maximum absolute atomic E-state index is 12.4. The summed E-state index contributed by atoms with van der Waals surface area (Å²) in [5, 5.41) is 9.37. The summed E-state index contributed by atoms with van der Waals surface area (Å²) in [7, 11) is 3.07. The van der Waals surface area contributed by atoms with Crippen LogP contribution in [0.1, 0.15) is 12.8 Å². The van der Waals surface area contributed by atoms with Gasteiger partial charge in [0.15, 0.2) is 5.60 Å². The molecular formula is C9H15F3N2O2. The van der Waals surface area contributed by atoms with Crippen molar-refractivity contribution in [1.82, 2.24) is 9.80 Å². The SMILES string of the molecule is CN(C)C(=O)N1CCC(O)(C(F)(F)F)CC1. The molecule has 0 spiro atoms. The van der Waals surface area contributed by atoms with Crippen molar-refractivity contribution in [3.8, 4) is 0 Å². The lowest BCUT2D eigenvalue weighted by Gasteiger charge is -2.39. The number of likely N-dealkylation sites (tertiary alicyclic amines) is 1. The molecule has 1 rings (SSSR count). The standard InChI is InChI=1S/C9H15F3N2O2/c1-13(2)7(15)14-5-3-8(16,4-6-14)9(10,11)12/h16H,3-6H2,1-2H3. The topological polar surface area (TPSA) is 43.8 Å². The Hall–Kier alpha value is -0.980. The molecule has 0 aliphatic carbocycles. The molecule has 16 heavy (non-hydrogen) atoms. The van der Waals surface area contributed by atoms with Crippen LogP contribution in [0.5, 0.6) is 0 Å². The van der Waals surface area contributed by atoms with Crippen LogP contribution in [0.3, 0.4) is 0 Å². The quantitative estimate of drug-likeness (QED) is 0.688. The highest BCUT2D eigenvalue weighted by molar-refractivity contribution is 5.73. The smallest absolute Gasteiger partial charge is 0.380 e. The first kappa shape index (κ1) is 13.1. The molecule has 0 aromatic carbocycles. The molecule has 0 bridgehead atoms. The van der Waals surface area contributed by atoms with Gasteiger partial charge in [-0.25, -0.2) is 4.79 Å². The minimum atomic E-state index is -4.62. The Labute approximate surface area is 91.6 Å². The van der Waals surface area contributed by atoms with Crippen LogP contribution in [0, 0.1) is 0 Å². The largest absolute Gasteiger partial charge is 0.417 e. The van der Waals surface area contributed by atoms with E-state index in [4.69, 9.17) is 0 Å². The molecule has 1 saturated heterocycles. The average molecular weight is 240 g/mol. The molecular weight excluding hydrogens is 225 g/mol. The van der Waals surface area contributed by atoms with Crippen LogP contribution in [-0.2, 0) is 0 Å². The van der Waals surface area contributed by atoms with Crippen LogP contribution in [-0.4, -0.2) is 59.9 Å². The zero-order chi connectivity index (χ0) is 12.6. The van der Waals surface area contributed by atoms with Gasteiger partial charge in [-0.3, -0.25) is 0 Å². The van der Waals surface area contributed by atoms with Gasteiger partial charge in [0, 0.05) is 40.0 Å². The molecule has 7 heteroatoms. The van der Waals surface area contributed by atoms with Crippen molar-refractivity contribution in [2.75, 3.05) is 27.2 Å². The Morgan fingerprint density at radius 3 is 2.06 bits per heavy atom. The number of halogens is 3. The maximum atomic E-state index is 12.4. The summed E-state index contributed by atoms with van der Waals surface area (Å²) in [6.45, 7) is -0.153. The number of hydrogen-bond acceptors (Lipinski definition) is 2. The van der Waals surface area contributed by atoms with Crippen molar-refractivity contribution >= 4 is 6.03 Å². The van der Waals surface area contributed by atoms with Gasteiger partial charge in [-0.2, -0.15) is 13.2 Å². The van der Waals surface area contributed by atoms with Crippen LogP contribution in [0.4, 0.5) is 18.0 Å². The Bertz CT molecular complexity index is 270. The van der Waals surface area contributed by atoms with Crippen LogP contribution in [0.15, 0.2) is 0 Å². The third-order valence-electron chi connectivity index (χ3n) is 2.77. The van der Waals surface area contributed by atoms with Gasteiger partial charge in [0.05, 0.1) is 0 Å². The van der Waals surface area contributed by atoms with E-state index in [0.717, 1.165) is 0 Å². The van der Waals surface area contributed by atoms with E-state index in [1.807, 2.05) is 0 Å². The van der Waals surface area contributed by atoms with Gasteiger partial charge in [-0.1, -0.05) is 0 Å². The van der Waals surface area contributed by atoms with E-state index in [0.29, 0.717) is 0 Å². The number of rotatable bonds is 0. The fourth-order valence-electron chi connectivity index (χ4n) is 1.63. The number of nitrogens with zero attached hydrogens (tertiary/aromatic N) is 2. The molecule has 1 fully saturated rings. The van der Waals surface area contributed by atoms with E-state index in [2.05, 4.69) is 0 Å². The molecule has 1 aliphatic rings. The Balaban J connectivity index is 2.61. The van der Waals surface area contributed by atoms with E-state index in [1.54, 1.807) is 0 Å². The summed E-state index contributed by atoms with van der Waals surface area (Å²) in [5.41, 5.74) is -2.64. The minimum absolute atomic E-state index is 0.0764. The minimum Gasteiger partial charge on any atom is -0.380 e. The maximum Gasteiger partial charge on any atom is 0.417 e. The molecule has 1 aliphatic heterocycles. The van der Waals surface area contributed by atoms with E-state index in [1.165, 1.54) is 23.9 Å². The third-order valence-corrected chi connectivity index (χ3v) is 2.77. The molecule has 1 N–H and O–H groups in total. The zero-order valence-corrected chi connectivity index (χ0v) is 9.21. The highest BCUT2D eigenvalue weighted by Gasteiger charge is 2.54. The molecule has 0 unspecified atom stereocenters. The van der Waals surface area contributed by atoms with Crippen LogP contribution in [0.2, 0.25) is 0 Å². The number of piperidine rings is 1. The van der Waals surface area contributed by atoms with Crippen molar-refractivity contribution in [3.63, 3.8) is 0 Å². The van der Waals surface area contributed by atoms with E-state index in [-0.39, 0.29) is 19.1 Å². The number of hydrogen-bond donors (Lipinski definition) is 1. The van der Waals surface area contributed by atoms with Gasteiger partial charge in [-0.05, 0) is 0 Å². The van der Waals surface area contributed by atoms with E-state index < -0.39 is 24.6 Å². The summed E-state index contributed by atoms with van der Waals surface area (Å²) < 4.78 is 37.3. The first-order valence-electron chi connectivity index (χ1n) is 4.93. The molecule has 94 valence electrons. The first-order chi connectivity index (χ1) is 7.17. The Morgan fingerprint density at radius 1 is 1.31 bits per heavy atom. The van der Waals surface area contributed by atoms with Crippen molar-refractivity contribution in [2.45, 2.75) is 24.6 Å². The molecule has 0 aromatic rings. The second-order valence-corrected chi connectivity index (χ2v) is 4.19. The predicted octanol–water partition coefficient (Wildman–Crippen LogP) is 1.06. The fraction of sp³-hybridized carbons (Fsp3) is 0.889. The third kappa shape index (κ3) is 2.40. The molecule has 4 nitrogen and oxygen atoms in total. The molecule has 0 atom stereocenters. The lowest BCUT2D eigenvalue weighted by Crippen LogP contribution is -2.55. The predicted molar refractivity (Wildman–Crippen MR) is 50.9 cm³/mol. The van der Waals surface area contributed by atoms with Gasteiger partial charge in [0.1, 0.15) is 0 Å². The normalized spacial score (nSPS) is 20.8. The van der Waals surface area contributed by atoms with Gasteiger partial charge in [-0.15, -0.1) is 0 Å². The lowest BCUT2D eigenvalue weighted by molar-refractivity contribution is -0.271. The Morgan fingerprint density at radius 2 is 1.75 bits per heavy atom. The van der Waals surface area contributed by atoms with Crippen molar-refractivity contribution in [3.05, 3.63) is 0 Å². The van der Waals surface area contributed by atoms with Gasteiger partial charge >= 0.3 is 12.2 Å². The van der Waals surface area contributed by atoms with Gasteiger partial charge in [0.2, 0.25) is 0 Å². The molecule has 1 heterocycles. The second-order valence-electron chi connectivity index (χ2n) is 4.19. The van der Waals surface area contributed by atoms with E-state index in [9.17, 15) is 23.1 Å². The summed E-state index contributed by atoms with van der Waals surface area (Å²) in [4.78, 5) is 14.1. The van der Waals surface area contributed by atoms with Gasteiger partial charge < -0.3 is 14.9 Å². The molecule has 0 saturated carbocycles. The average Bonchev–Trinajstić information content (AvgIpc) is 2.16. The molecule has 0 aromatic heterocycles. The summed E-state index contributed by atoms with van der Waals surface area (Å²) in [6.07, 6.45) is -5.55. The number of alkyl halides is 3. The van der Waals surface area contributed by atoms with Crippen molar-refractivity contribution in [2.24, 2.45) is 0 Å². The molecule has 2 amide bonds. The van der Waals surface area contributed by atoms with Crippen LogP contribution in [0.25, 0.3) is 0 Å². The fourth-order valence-corrected chi connectivity index (χ4v) is 1.63. The van der Waals surface area contributed by atoms with Crippen molar-refractivity contribution < 1.29 is 23.1 Å². The highest BCUT2D eigenvalue weighted by Crippen LogP contribution is 2.38. The number of amides is 2. The van der Waals surface area contributed by atoms with Gasteiger partial charge in [0.25, 0.3) is 0 Å². The summed E-state index contributed by atoms with van der Waals surface area (Å²) in [6, 6.07) is -0.329. The molecule has 0 radical (unpaired) electrons. The van der Waals surface area contributed by atoms with Crippen LogP contribution < -0.4 is 0 Å². The number of carbonyl (C=O) groups excluding carboxylic acids is 1. The van der Waals surface area contributed by atoms with Crippen LogP contribution >= 0.6 is 0 Å². The summed E-state index contributed by atoms with van der Waals surface area (Å²) >= 11 is 0. The second kappa shape index (κ2) is 4.12. The number of urea groups is 1. The Kier molecular flexibility index (Phi) is 3.37. The summed E-state index contributed by atoms with van der Waals surface area (Å²) in [5.74, 6) is 0. The lowest BCUT2D eigenvalue weighted by atomic mass is 9.91. The highest BCUT2D eigenvalue weighted by atomic mass is 19.4. The van der Waals surface area contributed by atoms with Crippen molar-refractivity contribution in [1.29, 1.82) is 0 Å². The van der Waals surface area contributed by atoms with E-state index >= 15 is 0 Å². The number of aliphatic hydroxyl groups is 1. The number of carbonyl (C=O) groups is 1. The monoisotopic (exact) mass is 240 g/mol.